The van der Waals surface area contributed by atoms with Gasteiger partial charge in [0.25, 0.3) is 0 Å². The highest BCUT2D eigenvalue weighted by molar-refractivity contribution is 6.24. The molecule has 0 aliphatic heterocycles. The van der Waals surface area contributed by atoms with Crippen molar-refractivity contribution < 1.29 is 0 Å². The van der Waals surface area contributed by atoms with Gasteiger partial charge in [-0.25, -0.2) is 0 Å². The molecule has 0 saturated heterocycles. The molecule has 0 bridgehead atoms. The molecule has 2 heterocycles. The minimum atomic E-state index is -0.0477. The summed E-state index contributed by atoms with van der Waals surface area (Å²) < 4.78 is 0. The van der Waals surface area contributed by atoms with Gasteiger partial charge in [-0.1, -0.05) is 190 Å². The van der Waals surface area contributed by atoms with Crippen LogP contribution in [0.15, 0.2) is 194 Å². The number of nitrogens with zero attached hydrogens (tertiary/aromatic N) is 6. The van der Waals surface area contributed by atoms with E-state index in [2.05, 4.69) is 208 Å². The lowest BCUT2D eigenvalue weighted by atomic mass is 9.82. The third-order valence-corrected chi connectivity index (χ3v) is 13.3. The molecule has 2 aromatic heterocycles. The summed E-state index contributed by atoms with van der Waals surface area (Å²) in [5.74, 6) is 0. The Hall–Kier alpha value is -8.22. The third kappa shape index (κ3) is 5.25. The van der Waals surface area contributed by atoms with Crippen LogP contribution in [0, 0.1) is 0 Å². The maximum atomic E-state index is 5.02. The van der Waals surface area contributed by atoms with Crippen LogP contribution in [0.4, 0.5) is 0 Å². The Morgan fingerprint density at radius 1 is 0.317 bits per heavy atom. The first-order valence-electron chi connectivity index (χ1n) is 21.5. The zero-order valence-electron chi connectivity index (χ0n) is 34.7. The van der Waals surface area contributed by atoms with Gasteiger partial charge in [0.2, 0.25) is 0 Å². The van der Waals surface area contributed by atoms with E-state index in [1.54, 1.807) is 0 Å². The molecule has 0 amide bonds. The average Bonchev–Trinajstić information content (AvgIpc) is 4.06. The van der Waals surface area contributed by atoms with Crippen LogP contribution < -0.4 is 0 Å². The Labute approximate surface area is 362 Å². The monoisotopic (exact) mass is 806 g/mol. The molecule has 63 heavy (non-hydrogen) atoms. The summed E-state index contributed by atoms with van der Waals surface area (Å²) in [4.78, 5) is 3.63. The van der Waals surface area contributed by atoms with Gasteiger partial charge in [-0.05, 0) is 78.2 Å². The lowest BCUT2D eigenvalue weighted by Crippen LogP contribution is -2.15. The van der Waals surface area contributed by atoms with Gasteiger partial charge < -0.3 is 0 Å². The molecule has 0 N–H and O–H groups in total. The number of rotatable bonds is 2. The summed E-state index contributed by atoms with van der Waals surface area (Å²) in [6.45, 7) is 4.60. The number of aromatic nitrogens is 6. The molecule has 0 radical (unpaired) electrons. The molecule has 6 nitrogen and oxygen atoms in total. The Morgan fingerprint density at radius 2 is 0.698 bits per heavy atom. The molecule has 13 aromatic rings. The Bertz CT molecular complexity index is 3880. The Balaban J connectivity index is 0.000000128. The zero-order chi connectivity index (χ0) is 41.8. The lowest BCUT2D eigenvalue weighted by molar-refractivity contribution is 0.657. The van der Waals surface area contributed by atoms with Gasteiger partial charge >= 0.3 is 0 Å². The second-order valence-electron chi connectivity index (χ2n) is 17.1. The molecule has 1 aliphatic carbocycles. The molecule has 1 aliphatic rings. The second-order valence-corrected chi connectivity index (χ2v) is 17.1. The quantitative estimate of drug-likeness (QED) is 0.163. The molecular formula is C57H38N6. The van der Waals surface area contributed by atoms with Crippen LogP contribution in [0.5, 0.6) is 0 Å². The van der Waals surface area contributed by atoms with Crippen LogP contribution in [-0.2, 0) is 5.41 Å². The van der Waals surface area contributed by atoms with Crippen LogP contribution in [0.3, 0.4) is 0 Å². The molecule has 11 aromatic carbocycles. The number of fused-ring (bicyclic) bond motifs is 18. The summed E-state index contributed by atoms with van der Waals surface area (Å²) in [5, 5.41) is 34.2. The van der Waals surface area contributed by atoms with E-state index < -0.39 is 0 Å². The summed E-state index contributed by atoms with van der Waals surface area (Å²) in [5.41, 5.74) is 11.1. The fraction of sp³-hybridized carbons (Fsp3) is 0.0526. The van der Waals surface area contributed by atoms with E-state index in [4.69, 9.17) is 20.4 Å². The minimum absolute atomic E-state index is 0.0477. The maximum absolute atomic E-state index is 5.02. The molecule has 296 valence electrons. The Morgan fingerprint density at radius 3 is 1.22 bits per heavy atom. The Kier molecular flexibility index (Phi) is 7.55. The van der Waals surface area contributed by atoms with Crippen molar-refractivity contribution in [3.05, 3.63) is 205 Å². The standard InChI is InChI=1S/C29H21N3.C28H17N3/c1-29(2)25-14-8-7-11-21(25)22-16-15-18(17-26(22)29)32-30-27-23-12-5-3-9-19(23)20-10-4-6-13-24(20)28(27)31-32;1-2-10-19-18(9-1)17-26(23-14-6-3-11-20(19)23)31-29-27-24-15-7-4-12-21(24)22-13-5-8-16-25(22)28(27)30-31/h3-17H,1-2H3;1-17H. The van der Waals surface area contributed by atoms with Gasteiger partial charge in [0.15, 0.2) is 0 Å². The van der Waals surface area contributed by atoms with E-state index in [9.17, 15) is 0 Å². The normalized spacial score (nSPS) is 13.0. The fourth-order valence-corrected chi connectivity index (χ4v) is 10.3. The van der Waals surface area contributed by atoms with E-state index in [0.717, 1.165) is 60.4 Å². The number of hydrogen-bond donors (Lipinski definition) is 0. The van der Waals surface area contributed by atoms with E-state index in [1.165, 1.54) is 60.0 Å². The van der Waals surface area contributed by atoms with E-state index in [1.807, 2.05) is 9.59 Å². The van der Waals surface area contributed by atoms with Crippen molar-refractivity contribution >= 4 is 86.7 Å². The first-order valence-corrected chi connectivity index (χ1v) is 21.5. The largest absolute Gasteiger partial charge is 0.150 e. The van der Waals surface area contributed by atoms with E-state index in [-0.39, 0.29) is 5.41 Å². The molecule has 0 saturated carbocycles. The first kappa shape index (κ1) is 35.5. The molecule has 6 heteroatoms. The smallest absolute Gasteiger partial charge is 0.122 e. The highest BCUT2D eigenvalue weighted by atomic mass is 15.5. The van der Waals surface area contributed by atoms with Crippen molar-refractivity contribution in [2.75, 3.05) is 0 Å². The molecular weight excluding hydrogens is 769 g/mol. The van der Waals surface area contributed by atoms with Crippen molar-refractivity contribution in [1.29, 1.82) is 0 Å². The van der Waals surface area contributed by atoms with Crippen molar-refractivity contribution in [2.24, 2.45) is 0 Å². The second kappa shape index (κ2) is 13.4. The summed E-state index contributed by atoms with van der Waals surface area (Å²) in [6, 6.07) is 68.4. The zero-order valence-corrected chi connectivity index (χ0v) is 34.7. The molecule has 14 rings (SSSR count). The highest BCUT2D eigenvalue weighted by Gasteiger charge is 2.35. The van der Waals surface area contributed by atoms with E-state index in [0.29, 0.717) is 0 Å². The average molecular weight is 807 g/mol. The van der Waals surface area contributed by atoms with Gasteiger partial charge in [-0.3, -0.25) is 0 Å². The van der Waals surface area contributed by atoms with Gasteiger partial charge in [0.1, 0.15) is 22.1 Å². The molecule has 0 fully saturated rings. The van der Waals surface area contributed by atoms with Crippen molar-refractivity contribution in [3.63, 3.8) is 0 Å². The maximum Gasteiger partial charge on any atom is 0.122 e. The van der Waals surface area contributed by atoms with Crippen molar-refractivity contribution in [2.45, 2.75) is 19.3 Å². The van der Waals surface area contributed by atoms with Gasteiger partial charge in [0, 0.05) is 32.3 Å². The van der Waals surface area contributed by atoms with E-state index >= 15 is 0 Å². The van der Waals surface area contributed by atoms with Gasteiger partial charge in [-0.2, -0.15) is 4.80 Å². The third-order valence-electron chi connectivity index (χ3n) is 13.3. The van der Waals surface area contributed by atoms with Crippen LogP contribution >= 0.6 is 0 Å². The summed E-state index contributed by atoms with van der Waals surface area (Å²) >= 11 is 0. The first-order chi connectivity index (χ1) is 31.0. The predicted octanol–water partition coefficient (Wildman–Crippen LogP) is 14.1. The van der Waals surface area contributed by atoms with Crippen LogP contribution in [0.1, 0.15) is 25.0 Å². The van der Waals surface area contributed by atoms with Crippen LogP contribution in [-0.4, -0.2) is 30.0 Å². The highest BCUT2D eigenvalue weighted by Crippen LogP contribution is 2.49. The predicted molar refractivity (Wildman–Crippen MR) is 260 cm³/mol. The SMILES string of the molecule is CC1(C)c2ccccc2-c2ccc(-n3nc4c5ccccc5c5ccccc5c4n3)cc21.c1ccc2c(c1)cc(-n1nc3c4ccccc4c4ccccc4c3n1)c1ccccc12. The topological polar surface area (TPSA) is 61.4 Å². The molecule has 0 unspecified atom stereocenters. The fourth-order valence-electron chi connectivity index (χ4n) is 10.3. The summed E-state index contributed by atoms with van der Waals surface area (Å²) in [7, 11) is 0. The van der Waals surface area contributed by atoms with Crippen molar-refractivity contribution in [3.8, 4) is 22.5 Å². The van der Waals surface area contributed by atoms with Crippen molar-refractivity contribution in [1.82, 2.24) is 30.0 Å². The molecule has 0 spiro atoms. The number of benzene rings is 11. The lowest BCUT2D eigenvalue weighted by Gasteiger charge is -2.21. The number of hydrogen-bond acceptors (Lipinski definition) is 4. The van der Waals surface area contributed by atoms with Gasteiger partial charge in [-0.15, -0.1) is 25.2 Å². The molecule has 0 atom stereocenters. The summed E-state index contributed by atoms with van der Waals surface area (Å²) in [6.07, 6.45) is 0. The minimum Gasteiger partial charge on any atom is -0.150 e. The van der Waals surface area contributed by atoms with Gasteiger partial charge in [0.05, 0.1) is 11.4 Å². The van der Waals surface area contributed by atoms with Crippen LogP contribution in [0.25, 0.3) is 109 Å². The van der Waals surface area contributed by atoms with Crippen LogP contribution in [0.2, 0.25) is 0 Å².